The van der Waals surface area contributed by atoms with E-state index in [1.807, 2.05) is 0 Å². The molecule has 0 fully saturated rings. The second-order valence-electron chi connectivity index (χ2n) is 4.06. The van der Waals surface area contributed by atoms with Gasteiger partial charge in [0.2, 0.25) is 0 Å². The topological polar surface area (TPSA) is 96.5 Å². The summed E-state index contributed by atoms with van der Waals surface area (Å²) in [5.41, 5.74) is 6.19. The summed E-state index contributed by atoms with van der Waals surface area (Å²) in [7, 11) is 1.59. The number of nitrogens with zero attached hydrogens (tertiary/aromatic N) is 2. The number of rotatable bonds is 5. The summed E-state index contributed by atoms with van der Waals surface area (Å²) in [6.07, 6.45) is 0.402. The highest BCUT2D eigenvalue weighted by atomic mass is 16.4. The van der Waals surface area contributed by atoms with Crippen molar-refractivity contribution in [2.75, 3.05) is 11.9 Å². The molecule has 98 valence electrons. The summed E-state index contributed by atoms with van der Waals surface area (Å²) in [5.74, 6) is -1.28. The molecule has 18 heavy (non-hydrogen) atoms. The van der Waals surface area contributed by atoms with Crippen LogP contribution in [0.25, 0.3) is 0 Å². The summed E-state index contributed by atoms with van der Waals surface area (Å²) in [5, 5.41) is 9.12. The van der Waals surface area contributed by atoms with Crippen molar-refractivity contribution in [3.8, 4) is 0 Å². The van der Waals surface area contributed by atoms with E-state index in [1.54, 1.807) is 33.0 Å². The first kappa shape index (κ1) is 14.0. The molecule has 0 aromatic carbocycles. The van der Waals surface area contributed by atoms with Crippen molar-refractivity contribution in [2.45, 2.75) is 26.3 Å². The fourth-order valence-corrected chi connectivity index (χ4v) is 1.77. The minimum atomic E-state index is -0.960. The van der Waals surface area contributed by atoms with Crippen LogP contribution in [0.4, 0.5) is 5.82 Å². The highest BCUT2D eigenvalue weighted by molar-refractivity contribution is 5.98. The second kappa shape index (κ2) is 5.48. The molecular weight excluding hydrogens is 234 g/mol. The molecule has 1 unspecified atom stereocenters. The van der Waals surface area contributed by atoms with Crippen molar-refractivity contribution in [3.05, 3.63) is 23.4 Å². The Morgan fingerprint density at radius 3 is 2.56 bits per heavy atom. The van der Waals surface area contributed by atoms with E-state index in [-0.39, 0.29) is 5.56 Å². The van der Waals surface area contributed by atoms with Gasteiger partial charge in [-0.3, -0.25) is 4.79 Å². The molecule has 6 nitrogen and oxygen atoms in total. The first-order valence-electron chi connectivity index (χ1n) is 5.61. The van der Waals surface area contributed by atoms with Crippen LogP contribution in [0.15, 0.2) is 12.1 Å². The van der Waals surface area contributed by atoms with Gasteiger partial charge in [-0.1, -0.05) is 6.92 Å². The lowest BCUT2D eigenvalue weighted by molar-refractivity contribution is -0.138. The van der Waals surface area contributed by atoms with E-state index in [9.17, 15) is 9.59 Å². The normalized spacial score (nSPS) is 11.9. The molecular formula is C12H17N3O3. The number of carboxylic acid groups (broad SMARTS) is 1. The van der Waals surface area contributed by atoms with Crippen molar-refractivity contribution in [1.82, 2.24) is 4.98 Å². The largest absolute Gasteiger partial charge is 0.480 e. The molecule has 0 saturated carbocycles. The second-order valence-corrected chi connectivity index (χ2v) is 4.06. The van der Waals surface area contributed by atoms with Crippen LogP contribution in [-0.4, -0.2) is 35.1 Å². The predicted octanol–water partition coefficient (Wildman–Crippen LogP) is 0.788. The molecule has 0 bridgehead atoms. The van der Waals surface area contributed by atoms with Gasteiger partial charge in [0.15, 0.2) is 0 Å². The third kappa shape index (κ3) is 2.77. The minimum Gasteiger partial charge on any atom is -0.480 e. The van der Waals surface area contributed by atoms with E-state index in [2.05, 4.69) is 4.98 Å². The van der Waals surface area contributed by atoms with Crippen LogP contribution in [0, 0.1) is 6.92 Å². The zero-order valence-electron chi connectivity index (χ0n) is 10.7. The number of aliphatic carboxylic acids is 1. The van der Waals surface area contributed by atoms with Gasteiger partial charge in [0.1, 0.15) is 11.9 Å². The number of nitrogens with two attached hydrogens (primary N) is 1. The summed E-state index contributed by atoms with van der Waals surface area (Å²) in [4.78, 5) is 28.1. The number of pyridine rings is 1. The van der Waals surface area contributed by atoms with Crippen LogP contribution in [0.2, 0.25) is 0 Å². The van der Waals surface area contributed by atoms with Gasteiger partial charge in [-0.05, 0) is 25.5 Å². The average Bonchev–Trinajstić information content (AvgIpc) is 2.28. The molecule has 0 saturated heterocycles. The number of anilines is 1. The molecule has 0 radical (unpaired) electrons. The Hall–Kier alpha value is -2.11. The number of carbonyl (C=O) groups excluding carboxylic acids is 1. The first-order valence-corrected chi connectivity index (χ1v) is 5.61. The Morgan fingerprint density at radius 1 is 1.50 bits per heavy atom. The average molecular weight is 251 g/mol. The van der Waals surface area contributed by atoms with Gasteiger partial charge in [-0.25, -0.2) is 9.78 Å². The minimum absolute atomic E-state index is 0.225. The van der Waals surface area contributed by atoms with Crippen molar-refractivity contribution in [1.29, 1.82) is 0 Å². The number of carbonyl (C=O) groups is 2. The predicted molar refractivity (Wildman–Crippen MR) is 67.6 cm³/mol. The standard InChI is InChI=1S/C12H17N3O3/c1-4-9(12(17)18)15(3)11-8(10(13)16)6-5-7(2)14-11/h5-6,9H,4H2,1-3H3,(H2,13,16)(H,17,18). The van der Waals surface area contributed by atoms with Crippen LogP contribution in [0.3, 0.4) is 0 Å². The number of aromatic nitrogens is 1. The fraction of sp³-hybridized carbons (Fsp3) is 0.417. The van der Waals surface area contributed by atoms with Gasteiger partial charge in [-0.2, -0.15) is 0 Å². The summed E-state index contributed by atoms with van der Waals surface area (Å²) >= 11 is 0. The monoisotopic (exact) mass is 251 g/mol. The van der Waals surface area contributed by atoms with Crippen LogP contribution >= 0.6 is 0 Å². The molecule has 1 aromatic rings. The smallest absolute Gasteiger partial charge is 0.326 e. The van der Waals surface area contributed by atoms with Crippen molar-refractivity contribution >= 4 is 17.7 Å². The maximum Gasteiger partial charge on any atom is 0.326 e. The first-order chi connectivity index (χ1) is 8.38. The Kier molecular flexibility index (Phi) is 4.25. The van der Waals surface area contributed by atoms with Crippen LogP contribution < -0.4 is 10.6 Å². The van der Waals surface area contributed by atoms with Crippen molar-refractivity contribution < 1.29 is 14.7 Å². The molecule has 0 aliphatic rings. The highest BCUT2D eigenvalue weighted by Gasteiger charge is 2.25. The summed E-state index contributed by atoms with van der Waals surface area (Å²) in [6, 6.07) is 2.49. The Labute approximate surface area is 105 Å². The molecule has 3 N–H and O–H groups in total. The van der Waals surface area contributed by atoms with E-state index in [0.717, 1.165) is 0 Å². The summed E-state index contributed by atoms with van der Waals surface area (Å²) < 4.78 is 0. The molecule has 1 heterocycles. The number of amides is 1. The van der Waals surface area contributed by atoms with Gasteiger partial charge in [-0.15, -0.1) is 0 Å². The van der Waals surface area contributed by atoms with Crippen LogP contribution in [-0.2, 0) is 4.79 Å². The van der Waals surface area contributed by atoms with E-state index >= 15 is 0 Å². The molecule has 1 aromatic heterocycles. The molecule has 6 heteroatoms. The van der Waals surface area contributed by atoms with Gasteiger partial charge < -0.3 is 15.7 Å². The molecule has 1 amide bonds. The maximum absolute atomic E-state index is 11.3. The Bertz CT molecular complexity index is 474. The Morgan fingerprint density at radius 2 is 2.11 bits per heavy atom. The lowest BCUT2D eigenvalue weighted by Gasteiger charge is -2.26. The lowest BCUT2D eigenvalue weighted by Crippen LogP contribution is -2.39. The van der Waals surface area contributed by atoms with Crippen molar-refractivity contribution in [2.24, 2.45) is 5.73 Å². The Balaban J connectivity index is 3.25. The van der Waals surface area contributed by atoms with E-state index in [4.69, 9.17) is 10.8 Å². The number of likely N-dealkylation sites (N-methyl/N-ethyl adjacent to an activating group) is 1. The van der Waals surface area contributed by atoms with Gasteiger partial charge in [0, 0.05) is 12.7 Å². The number of aryl methyl sites for hydroxylation is 1. The van der Waals surface area contributed by atoms with Gasteiger partial charge in [0.25, 0.3) is 5.91 Å². The number of primary amides is 1. The third-order valence-electron chi connectivity index (χ3n) is 2.75. The SMILES string of the molecule is CCC(C(=O)O)N(C)c1nc(C)ccc1C(N)=O. The zero-order chi connectivity index (χ0) is 13.9. The number of hydrogen-bond acceptors (Lipinski definition) is 4. The molecule has 1 rings (SSSR count). The molecule has 0 aliphatic carbocycles. The molecule has 0 aliphatic heterocycles. The van der Waals surface area contributed by atoms with Crippen LogP contribution in [0.5, 0.6) is 0 Å². The number of carboxylic acids is 1. The zero-order valence-corrected chi connectivity index (χ0v) is 10.7. The van der Waals surface area contributed by atoms with E-state index in [0.29, 0.717) is 17.9 Å². The fourth-order valence-electron chi connectivity index (χ4n) is 1.77. The molecule has 0 spiro atoms. The van der Waals surface area contributed by atoms with E-state index in [1.165, 1.54) is 4.90 Å². The van der Waals surface area contributed by atoms with E-state index < -0.39 is 17.9 Å². The number of hydrogen-bond donors (Lipinski definition) is 2. The third-order valence-corrected chi connectivity index (χ3v) is 2.75. The van der Waals surface area contributed by atoms with Crippen LogP contribution in [0.1, 0.15) is 29.4 Å². The van der Waals surface area contributed by atoms with Crippen molar-refractivity contribution in [3.63, 3.8) is 0 Å². The van der Waals surface area contributed by atoms with Gasteiger partial charge >= 0.3 is 5.97 Å². The lowest BCUT2D eigenvalue weighted by atomic mass is 10.1. The summed E-state index contributed by atoms with van der Waals surface area (Å²) in [6.45, 7) is 3.53. The van der Waals surface area contributed by atoms with Gasteiger partial charge in [0.05, 0.1) is 5.56 Å². The highest BCUT2D eigenvalue weighted by Crippen LogP contribution is 2.20. The molecule has 1 atom stereocenters. The maximum atomic E-state index is 11.3. The quantitative estimate of drug-likeness (QED) is 0.806.